The summed E-state index contributed by atoms with van der Waals surface area (Å²) in [6, 6.07) is 5.99. The summed E-state index contributed by atoms with van der Waals surface area (Å²) in [6.45, 7) is 3.54. The molecule has 27 heavy (non-hydrogen) atoms. The van der Waals surface area contributed by atoms with Crippen LogP contribution < -0.4 is 5.56 Å². The number of aromatic amines is 1. The fraction of sp³-hybridized carbons (Fsp3) is 0.350. The lowest BCUT2D eigenvalue weighted by molar-refractivity contribution is 0.114. The van der Waals surface area contributed by atoms with Crippen molar-refractivity contribution in [2.75, 3.05) is 13.1 Å². The summed E-state index contributed by atoms with van der Waals surface area (Å²) < 4.78 is 1.97. The van der Waals surface area contributed by atoms with Gasteiger partial charge in [0.2, 0.25) is 0 Å². The summed E-state index contributed by atoms with van der Waals surface area (Å²) in [5.74, 6) is 1.50. The molecule has 0 amide bonds. The summed E-state index contributed by atoms with van der Waals surface area (Å²) in [7, 11) is 0. The monoisotopic (exact) mass is 381 g/mol. The van der Waals surface area contributed by atoms with Gasteiger partial charge in [-0.1, -0.05) is 11.6 Å². The molecule has 3 aromatic rings. The van der Waals surface area contributed by atoms with Gasteiger partial charge in [0.05, 0.1) is 10.6 Å². The molecule has 0 spiro atoms. The number of hydrogen-bond acceptors (Lipinski definition) is 4. The predicted octanol–water partition coefficient (Wildman–Crippen LogP) is 2.91. The third-order valence-electron chi connectivity index (χ3n) is 5.60. The molecule has 7 heteroatoms. The SMILES string of the molecule is O=c1c(-c2ncc[nH]2)ccc2n1C[C@H]1C[C@@H]2CN(Cc2cncc(Cl)c2)C1. The van der Waals surface area contributed by atoms with E-state index in [1.807, 2.05) is 22.9 Å². The lowest BCUT2D eigenvalue weighted by Crippen LogP contribution is -2.47. The van der Waals surface area contributed by atoms with Crippen molar-refractivity contribution in [2.24, 2.45) is 5.92 Å². The Bertz CT molecular complexity index is 1030. The smallest absolute Gasteiger partial charge is 0.261 e. The maximum atomic E-state index is 13.0. The Morgan fingerprint density at radius 1 is 1.22 bits per heavy atom. The number of nitrogens with one attached hydrogen (secondary N) is 1. The van der Waals surface area contributed by atoms with Crippen molar-refractivity contribution in [1.82, 2.24) is 24.4 Å². The molecule has 6 nitrogen and oxygen atoms in total. The van der Waals surface area contributed by atoms with E-state index in [-0.39, 0.29) is 5.56 Å². The van der Waals surface area contributed by atoms with Gasteiger partial charge in [-0.15, -0.1) is 0 Å². The fourth-order valence-corrected chi connectivity index (χ4v) is 4.76. The Hall–Kier alpha value is -2.44. The highest BCUT2D eigenvalue weighted by molar-refractivity contribution is 6.30. The molecule has 1 saturated heterocycles. The second kappa shape index (κ2) is 6.62. The molecule has 5 heterocycles. The van der Waals surface area contributed by atoms with Crippen LogP contribution in [0.5, 0.6) is 0 Å². The quantitative estimate of drug-likeness (QED) is 0.757. The van der Waals surface area contributed by atoms with Gasteiger partial charge in [-0.05, 0) is 36.1 Å². The topological polar surface area (TPSA) is 66.8 Å². The largest absolute Gasteiger partial charge is 0.344 e. The molecular weight excluding hydrogens is 362 g/mol. The van der Waals surface area contributed by atoms with Crippen LogP contribution in [0, 0.1) is 5.92 Å². The summed E-state index contributed by atoms with van der Waals surface area (Å²) in [6.07, 6.45) is 8.11. The molecule has 2 atom stereocenters. The number of pyridine rings is 2. The fourth-order valence-electron chi connectivity index (χ4n) is 4.57. The van der Waals surface area contributed by atoms with Crippen LogP contribution in [-0.2, 0) is 13.1 Å². The molecule has 0 saturated carbocycles. The molecule has 0 aliphatic carbocycles. The zero-order valence-electron chi connectivity index (χ0n) is 14.8. The third-order valence-corrected chi connectivity index (χ3v) is 5.81. The molecule has 3 aromatic heterocycles. The number of nitrogens with zero attached hydrogens (tertiary/aromatic N) is 4. The summed E-state index contributed by atoms with van der Waals surface area (Å²) >= 11 is 6.07. The zero-order chi connectivity index (χ0) is 18.4. The average molecular weight is 382 g/mol. The van der Waals surface area contributed by atoms with Crippen LogP contribution in [0.15, 0.2) is 47.8 Å². The first kappa shape index (κ1) is 16.7. The normalized spacial score (nSPS) is 21.8. The van der Waals surface area contributed by atoms with Crippen LogP contribution in [0.4, 0.5) is 0 Å². The number of halogens is 1. The number of rotatable bonds is 3. The second-order valence-corrected chi connectivity index (χ2v) is 7.97. The van der Waals surface area contributed by atoms with Gasteiger partial charge in [0, 0.05) is 62.6 Å². The molecular formula is C20H20ClN5O. The van der Waals surface area contributed by atoms with Gasteiger partial charge in [0.15, 0.2) is 0 Å². The lowest BCUT2D eigenvalue weighted by atomic mass is 9.83. The van der Waals surface area contributed by atoms with E-state index in [1.165, 1.54) is 0 Å². The Labute approximate surface area is 161 Å². The van der Waals surface area contributed by atoms with Crippen LogP contribution in [0.25, 0.3) is 11.4 Å². The van der Waals surface area contributed by atoms with Gasteiger partial charge in [-0.2, -0.15) is 0 Å². The highest BCUT2D eigenvalue weighted by atomic mass is 35.5. The number of fused-ring (bicyclic) bond motifs is 4. The zero-order valence-corrected chi connectivity index (χ0v) is 15.6. The van der Waals surface area contributed by atoms with E-state index in [4.69, 9.17) is 11.6 Å². The minimum absolute atomic E-state index is 0.0599. The summed E-state index contributed by atoms with van der Waals surface area (Å²) in [5, 5.41) is 0.673. The van der Waals surface area contributed by atoms with Crippen LogP contribution >= 0.6 is 11.6 Å². The Morgan fingerprint density at radius 2 is 2.15 bits per heavy atom. The van der Waals surface area contributed by atoms with E-state index in [0.29, 0.717) is 28.2 Å². The standard InChI is InChI=1S/C20H20ClN5O/c21-16-6-13(7-22-8-16)9-25-10-14-5-15(12-25)18-2-1-17(19-23-3-4-24-19)20(27)26(18)11-14/h1-4,6-8,14-15H,5,9-12H2,(H,23,24)/t14-,15+/m0/s1. The van der Waals surface area contributed by atoms with E-state index >= 15 is 0 Å². The molecule has 0 unspecified atom stereocenters. The maximum Gasteiger partial charge on any atom is 0.261 e. The number of imidazole rings is 1. The molecule has 2 aliphatic rings. The number of hydrogen-bond donors (Lipinski definition) is 1. The Morgan fingerprint density at radius 3 is 2.96 bits per heavy atom. The van der Waals surface area contributed by atoms with Crippen molar-refractivity contribution in [2.45, 2.75) is 25.4 Å². The van der Waals surface area contributed by atoms with Gasteiger partial charge >= 0.3 is 0 Å². The van der Waals surface area contributed by atoms with Crippen molar-refractivity contribution < 1.29 is 0 Å². The van der Waals surface area contributed by atoms with Gasteiger partial charge in [0.1, 0.15) is 5.82 Å². The average Bonchev–Trinajstić information content (AvgIpc) is 3.17. The lowest BCUT2D eigenvalue weighted by Gasteiger charge is -2.43. The van der Waals surface area contributed by atoms with E-state index in [1.54, 1.807) is 18.6 Å². The predicted molar refractivity (Wildman–Crippen MR) is 104 cm³/mol. The molecule has 138 valence electrons. The van der Waals surface area contributed by atoms with Gasteiger partial charge < -0.3 is 9.55 Å². The van der Waals surface area contributed by atoms with Gasteiger partial charge in [-0.3, -0.25) is 14.7 Å². The molecule has 2 bridgehead atoms. The third kappa shape index (κ3) is 3.09. The van der Waals surface area contributed by atoms with Crippen molar-refractivity contribution in [3.63, 3.8) is 0 Å². The van der Waals surface area contributed by atoms with E-state index < -0.39 is 0 Å². The first-order valence-electron chi connectivity index (χ1n) is 9.22. The van der Waals surface area contributed by atoms with Gasteiger partial charge in [-0.25, -0.2) is 4.98 Å². The van der Waals surface area contributed by atoms with Crippen molar-refractivity contribution in [3.05, 3.63) is 69.6 Å². The van der Waals surface area contributed by atoms with Crippen molar-refractivity contribution in [3.8, 4) is 11.4 Å². The van der Waals surface area contributed by atoms with E-state index in [2.05, 4.69) is 25.9 Å². The molecule has 0 radical (unpaired) electrons. The van der Waals surface area contributed by atoms with Crippen LogP contribution in [0.1, 0.15) is 23.6 Å². The molecule has 2 aliphatic heterocycles. The Balaban J connectivity index is 1.43. The number of piperidine rings is 1. The molecule has 5 rings (SSSR count). The van der Waals surface area contributed by atoms with Crippen LogP contribution in [-0.4, -0.2) is 37.5 Å². The van der Waals surface area contributed by atoms with E-state index in [0.717, 1.165) is 43.9 Å². The van der Waals surface area contributed by atoms with Crippen molar-refractivity contribution in [1.29, 1.82) is 0 Å². The van der Waals surface area contributed by atoms with E-state index in [9.17, 15) is 4.79 Å². The highest BCUT2D eigenvalue weighted by Crippen LogP contribution is 2.36. The minimum Gasteiger partial charge on any atom is -0.344 e. The summed E-state index contributed by atoms with van der Waals surface area (Å²) in [4.78, 5) is 27.0. The number of aromatic nitrogens is 4. The Kier molecular flexibility index (Phi) is 4.10. The number of H-pyrrole nitrogens is 1. The first-order chi connectivity index (χ1) is 13.2. The maximum absolute atomic E-state index is 13.0. The van der Waals surface area contributed by atoms with Crippen LogP contribution in [0.3, 0.4) is 0 Å². The summed E-state index contributed by atoms with van der Waals surface area (Å²) in [5.41, 5.74) is 2.98. The molecule has 1 N–H and O–H groups in total. The molecule has 0 aromatic carbocycles. The minimum atomic E-state index is 0.0599. The van der Waals surface area contributed by atoms with Crippen LogP contribution in [0.2, 0.25) is 5.02 Å². The molecule has 1 fully saturated rings. The highest BCUT2D eigenvalue weighted by Gasteiger charge is 2.35. The number of likely N-dealkylation sites (tertiary alicyclic amines) is 1. The first-order valence-corrected chi connectivity index (χ1v) is 9.60. The van der Waals surface area contributed by atoms with Gasteiger partial charge in [0.25, 0.3) is 5.56 Å². The van der Waals surface area contributed by atoms with Crippen molar-refractivity contribution >= 4 is 11.6 Å². The second-order valence-electron chi connectivity index (χ2n) is 7.53.